The number of carboxylic acid groups (broad SMARTS) is 2. The molecule has 0 radical (unpaired) electrons. The zero-order valence-electron chi connectivity index (χ0n) is 17.7. The van der Waals surface area contributed by atoms with E-state index in [0.717, 1.165) is 6.42 Å². The van der Waals surface area contributed by atoms with E-state index in [1.807, 2.05) is 20.8 Å². The lowest BCUT2D eigenvalue weighted by molar-refractivity contribution is -0.149. The molecule has 6 nitrogen and oxygen atoms in total. The van der Waals surface area contributed by atoms with Gasteiger partial charge in [0.05, 0.1) is 5.92 Å². The van der Waals surface area contributed by atoms with E-state index >= 15 is 0 Å². The van der Waals surface area contributed by atoms with Crippen LogP contribution in [0.5, 0.6) is 0 Å². The summed E-state index contributed by atoms with van der Waals surface area (Å²) in [4.78, 5) is 27.5. The van der Waals surface area contributed by atoms with Crippen molar-refractivity contribution in [3.8, 4) is 0 Å². The van der Waals surface area contributed by atoms with Gasteiger partial charge in [-0.05, 0) is 30.1 Å². The van der Waals surface area contributed by atoms with Crippen LogP contribution in [0, 0.1) is 22.2 Å². The first-order chi connectivity index (χ1) is 11.5. The smallest absolute Gasteiger partial charge is 0.328 e. The summed E-state index contributed by atoms with van der Waals surface area (Å²) in [5.41, 5.74) is 4.87. The van der Waals surface area contributed by atoms with E-state index in [1.54, 1.807) is 13.8 Å². The molecular weight excluding hydrogens is 332 g/mol. The normalized spacial score (nSPS) is 17.1. The molecule has 0 aromatic heterocycles. The van der Waals surface area contributed by atoms with E-state index in [0.29, 0.717) is 12.8 Å². The topological polar surface area (TPSA) is 113 Å². The van der Waals surface area contributed by atoms with Gasteiger partial charge in [-0.3, -0.25) is 9.79 Å². The van der Waals surface area contributed by atoms with Crippen molar-refractivity contribution in [2.45, 2.75) is 86.7 Å². The number of aliphatic imine (C=N–C) groups is 1. The molecule has 0 fully saturated rings. The molecule has 0 saturated heterocycles. The summed E-state index contributed by atoms with van der Waals surface area (Å²) in [5.74, 6) is -2.58. The van der Waals surface area contributed by atoms with Gasteiger partial charge in [0.25, 0.3) is 0 Å². The second kappa shape index (κ2) is 8.98. The van der Waals surface area contributed by atoms with Crippen LogP contribution in [0.1, 0.15) is 74.7 Å². The lowest BCUT2D eigenvalue weighted by atomic mass is 9.66. The van der Waals surface area contributed by atoms with E-state index in [4.69, 9.17) is 5.73 Å². The molecule has 0 spiro atoms. The minimum Gasteiger partial charge on any atom is -0.481 e. The predicted octanol–water partition coefficient (Wildman–Crippen LogP) is 3.83. The Morgan fingerprint density at radius 3 is 1.77 bits per heavy atom. The SMILES string of the molecule is CC(C)(C)C(N)CCCC(N=CC(C)(C)C(C(=O)O)C(C)(C)C)C(=O)O. The van der Waals surface area contributed by atoms with Gasteiger partial charge in [-0.25, -0.2) is 4.79 Å². The molecule has 152 valence electrons. The van der Waals surface area contributed by atoms with Gasteiger partial charge in [0.15, 0.2) is 0 Å². The van der Waals surface area contributed by atoms with E-state index in [2.05, 4.69) is 25.8 Å². The zero-order valence-corrected chi connectivity index (χ0v) is 17.7. The van der Waals surface area contributed by atoms with Crippen LogP contribution in [0.3, 0.4) is 0 Å². The minimum atomic E-state index is -0.996. The van der Waals surface area contributed by atoms with Gasteiger partial charge in [-0.1, -0.05) is 55.4 Å². The maximum atomic E-state index is 11.7. The highest BCUT2D eigenvalue weighted by atomic mass is 16.4. The lowest BCUT2D eigenvalue weighted by Gasteiger charge is -2.37. The fraction of sp³-hybridized carbons (Fsp3) is 0.850. The van der Waals surface area contributed by atoms with Gasteiger partial charge in [0.1, 0.15) is 6.04 Å². The summed E-state index contributed by atoms with van der Waals surface area (Å²) >= 11 is 0. The highest BCUT2D eigenvalue weighted by Gasteiger charge is 2.42. The number of nitrogens with two attached hydrogens (primary N) is 1. The van der Waals surface area contributed by atoms with Crippen LogP contribution in [0.4, 0.5) is 0 Å². The van der Waals surface area contributed by atoms with Crippen molar-refractivity contribution >= 4 is 18.2 Å². The quantitative estimate of drug-likeness (QED) is 0.534. The molecule has 0 amide bonds. The molecule has 3 unspecified atom stereocenters. The molecule has 0 rings (SSSR count). The first-order valence-corrected chi connectivity index (χ1v) is 9.25. The predicted molar refractivity (Wildman–Crippen MR) is 106 cm³/mol. The monoisotopic (exact) mass is 370 g/mol. The van der Waals surface area contributed by atoms with Crippen molar-refractivity contribution in [1.29, 1.82) is 0 Å². The Kier molecular flexibility index (Phi) is 8.48. The molecule has 0 saturated carbocycles. The van der Waals surface area contributed by atoms with Crippen LogP contribution in [0.25, 0.3) is 0 Å². The summed E-state index contributed by atoms with van der Waals surface area (Å²) in [6.07, 6.45) is 3.29. The average molecular weight is 371 g/mol. The van der Waals surface area contributed by atoms with E-state index < -0.39 is 34.7 Å². The van der Waals surface area contributed by atoms with Crippen LogP contribution in [-0.2, 0) is 9.59 Å². The zero-order chi connectivity index (χ0) is 20.9. The van der Waals surface area contributed by atoms with Crippen molar-refractivity contribution < 1.29 is 19.8 Å². The fourth-order valence-electron chi connectivity index (χ4n) is 3.39. The number of carboxylic acids is 2. The molecular formula is C20H38N2O4. The van der Waals surface area contributed by atoms with Gasteiger partial charge in [0.2, 0.25) is 0 Å². The Morgan fingerprint density at radius 1 is 0.923 bits per heavy atom. The summed E-state index contributed by atoms with van der Waals surface area (Å²) in [5, 5.41) is 19.0. The average Bonchev–Trinajstić information content (AvgIpc) is 2.37. The van der Waals surface area contributed by atoms with Crippen LogP contribution >= 0.6 is 0 Å². The van der Waals surface area contributed by atoms with Gasteiger partial charge in [-0.15, -0.1) is 0 Å². The second-order valence-electron chi connectivity index (χ2n) is 9.99. The Balaban J connectivity index is 5.14. The molecule has 4 N–H and O–H groups in total. The third-order valence-corrected chi connectivity index (χ3v) is 4.83. The Hall–Kier alpha value is -1.43. The van der Waals surface area contributed by atoms with Gasteiger partial charge >= 0.3 is 11.9 Å². The second-order valence-corrected chi connectivity index (χ2v) is 9.99. The molecule has 26 heavy (non-hydrogen) atoms. The third kappa shape index (κ3) is 7.85. The third-order valence-electron chi connectivity index (χ3n) is 4.83. The van der Waals surface area contributed by atoms with Gasteiger partial charge in [0, 0.05) is 17.7 Å². The molecule has 0 heterocycles. The summed E-state index contributed by atoms with van der Waals surface area (Å²) < 4.78 is 0. The van der Waals surface area contributed by atoms with Crippen molar-refractivity contribution in [2.24, 2.45) is 32.9 Å². The highest BCUT2D eigenvalue weighted by molar-refractivity contribution is 5.81. The van der Waals surface area contributed by atoms with E-state index in [1.165, 1.54) is 6.21 Å². The van der Waals surface area contributed by atoms with Gasteiger partial charge < -0.3 is 15.9 Å². The van der Waals surface area contributed by atoms with Crippen molar-refractivity contribution in [3.05, 3.63) is 0 Å². The molecule has 0 bridgehead atoms. The first-order valence-electron chi connectivity index (χ1n) is 9.25. The summed E-state index contributed by atoms with van der Waals surface area (Å²) in [6.45, 7) is 15.4. The van der Waals surface area contributed by atoms with Crippen LogP contribution in [0.15, 0.2) is 4.99 Å². The maximum Gasteiger partial charge on any atom is 0.328 e. The Labute approximate surface area is 158 Å². The van der Waals surface area contributed by atoms with Crippen molar-refractivity contribution in [1.82, 2.24) is 0 Å². The number of aliphatic carboxylic acids is 2. The molecule has 0 aliphatic rings. The number of carbonyl (C=O) groups is 2. The molecule has 0 aliphatic heterocycles. The van der Waals surface area contributed by atoms with E-state index in [9.17, 15) is 19.8 Å². The van der Waals surface area contributed by atoms with Crippen LogP contribution < -0.4 is 5.73 Å². The largest absolute Gasteiger partial charge is 0.481 e. The highest BCUT2D eigenvalue weighted by Crippen LogP contribution is 2.39. The Morgan fingerprint density at radius 2 is 1.42 bits per heavy atom. The van der Waals surface area contributed by atoms with Crippen molar-refractivity contribution in [3.63, 3.8) is 0 Å². The lowest BCUT2D eigenvalue weighted by Crippen LogP contribution is -2.41. The molecule has 3 atom stereocenters. The molecule has 6 heteroatoms. The molecule has 0 aliphatic carbocycles. The standard InChI is InChI=1S/C20H38N2O4/c1-18(2,3)14(21)11-9-10-13(16(23)24)22-12-20(7,8)15(17(25)26)19(4,5)6/h12-15H,9-11,21H2,1-8H3,(H,23,24)(H,25,26). The minimum absolute atomic E-state index is 0.00496. The number of hydrogen-bond acceptors (Lipinski definition) is 4. The summed E-state index contributed by atoms with van der Waals surface area (Å²) in [7, 11) is 0. The van der Waals surface area contributed by atoms with E-state index in [-0.39, 0.29) is 11.5 Å². The van der Waals surface area contributed by atoms with Crippen LogP contribution in [0.2, 0.25) is 0 Å². The van der Waals surface area contributed by atoms with Crippen molar-refractivity contribution in [2.75, 3.05) is 0 Å². The first kappa shape index (κ1) is 24.6. The Bertz CT molecular complexity index is 513. The van der Waals surface area contributed by atoms with Gasteiger partial charge in [-0.2, -0.15) is 0 Å². The number of nitrogens with zero attached hydrogens (tertiary/aromatic N) is 1. The maximum absolute atomic E-state index is 11.7. The number of hydrogen-bond donors (Lipinski definition) is 3. The number of rotatable bonds is 9. The van der Waals surface area contributed by atoms with Crippen LogP contribution in [-0.4, -0.2) is 40.4 Å². The fourth-order valence-corrected chi connectivity index (χ4v) is 3.39. The summed E-state index contributed by atoms with van der Waals surface area (Å²) in [6, 6.07) is -0.884. The molecule has 0 aromatic rings. The molecule has 0 aromatic carbocycles.